The second-order valence-corrected chi connectivity index (χ2v) is 5.97. The minimum atomic E-state index is -0.488. The van der Waals surface area contributed by atoms with Gasteiger partial charge in [-0.15, -0.1) is 0 Å². The SMILES string of the molecule is CC1CCCC1C(=O)N[C@H]1c2ccccc2C[C@H]1O. The molecule has 0 aliphatic heterocycles. The molecule has 0 heterocycles. The van der Waals surface area contributed by atoms with Crippen LogP contribution in [0.3, 0.4) is 0 Å². The van der Waals surface area contributed by atoms with E-state index < -0.39 is 6.10 Å². The lowest BCUT2D eigenvalue weighted by molar-refractivity contribution is -0.127. The molecule has 2 unspecified atom stereocenters. The van der Waals surface area contributed by atoms with Crippen molar-refractivity contribution in [2.24, 2.45) is 11.8 Å². The fourth-order valence-electron chi connectivity index (χ4n) is 3.54. The predicted octanol–water partition coefficient (Wildman–Crippen LogP) is 2.20. The van der Waals surface area contributed by atoms with E-state index in [1.807, 2.05) is 24.3 Å². The molecular formula is C16H21NO2. The molecule has 2 aliphatic carbocycles. The van der Waals surface area contributed by atoms with Gasteiger partial charge < -0.3 is 10.4 Å². The quantitative estimate of drug-likeness (QED) is 0.855. The van der Waals surface area contributed by atoms with Crippen LogP contribution in [-0.4, -0.2) is 17.1 Å². The van der Waals surface area contributed by atoms with Crippen LogP contribution >= 0.6 is 0 Å². The maximum Gasteiger partial charge on any atom is 0.223 e. The fourth-order valence-corrected chi connectivity index (χ4v) is 3.54. The molecule has 0 saturated heterocycles. The molecule has 4 atom stereocenters. The first-order chi connectivity index (χ1) is 9.16. The van der Waals surface area contributed by atoms with Gasteiger partial charge in [-0.2, -0.15) is 0 Å². The molecule has 1 amide bonds. The Bertz CT molecular complexity index is 485. The molecule has 2 N–H and O–H groups in total. The minimum absolute atomic E-state index is 0.116. The number of hydrogen-bond donors (Lipinski definition) is 2. The summed E-state index contributed by atoms with van der Waals surface area (Å²) in [5.41, 5.74) is 2.23. The number of benzene rings is 1. The van der Waals surface area contributed by atoms with E-state index in [9.17, 15) is 9.90 Å². The van der Waals surface area contributed by atoms with E-state index in [1.54, 1.807) is 0 Å². The molecule has 0 bridgehead atoms. The van der Waals surface area contributed by atoms with Crippen LogP contribution < -0.4 is 5.32 Å². The van der Waals surface area contributed by atoms with Gasteiger partial charge in [-0.3, -0.25) is 4.79 Å². The molecule has 0 radical (unpaired) electrons. The summed E-state index contributed by atoms with van der Waals surface area (Å²) in [5, 5.41) is 13.2. The first-order valence-corrected chi connectivity index (χ1v) is 7.23. The summed E-state index contributed by atoms with van der Waals surface area (Å²) in [6.45, 7) is 2.15. The molecule has 3 rings (SSSR count). The smallest absolute Gasteiger partial charge is 0.223 e. The monoisotopic (exact) mass is 259 g/mol. The van der Waals surface area contributed by atoms with Crippen LogP contribution in [0, 0.1) is 11.8 Å². The summed E-state index contributed by atoms with van der Waals surface area (Å²) in [5.74, 6) is 0.708. The molecule has 1 aromatic rings. The Morgan fingerprint density at radius 3 is 2.84 bits per heavy atom. The number of rotatable bonds is 2. The van der Waals surface area contributed by atoms with E-state index in [4.69, 9.17) is 0 Å². The average molecular weight is 259 g/mol. The largest absolute Gasteiger partial charge is 0.390 e. The zero-order chi connectivity index (χ0) is 13.4. The van der Waals surface area contributed by atoms with Crippen molar-refractivity contribution in [3.8, 4) is 0 Å². The summed E-state index contributed by atoms with van der Waals surface area (Å²) in [6, 6.07) is 7.76. The molecule has 19 heavy (non-hydrogen) atoms. The molecule has 1 aromatic carbocycles. The lowest BCUT2D eigenvalue weighted by Gasteiger charge is -2.22. The number of aliphatic hydroxyl groups is 1. The molecule has 0 spiro atoms. The van der Waals surface area contributed by atoms with Crippen molar-refractivity contribution in [2.45, 2.75) is 44.8 Å². The fraction of sp³-hybridized carbons (Fsp3) is 0.562. The highest BCUT2D eigenvalue weighted by Gasteiger charge is 2.36. The molecule has 1 saturated carbocycles. The Hall–Kier alpha value is -1.35. The second kappa shape index (κ2) is 4.97. The highest BCUT2D eigenvalue weighted by atomic mass is 16.3. The molecule has 2 aliphatic rings. The van der Waals surface area contributed by atoms with Crippen LogP contribution in [0.1, 0.15) is 43.4 Å². The average Bonchev–Trinajstić information content (AvgIpc) is 2.94. The Labute approximate surface area is 114 Å². The van der Waals surface area contributed by atoms with Gasteiger partial charge in [-0.05, 0) is 29.9 Å². The third-order valence-electron chi connectivity index (χ3n) is 4.70. The first kappa shape index (κ1) is 12.7. The van der Waals surface area contributed by atoms with Gasteiger partial charge in [-0.25, -0.2) is 0 Å². The number of nitrogens with one attached hydrogen (secondary N) is 1. The van der Waals surface area contributed by atoms with Crippen LogP contribution in [0.25, 0.3) is 0 Å². The van der Waals surface area contributed by atoms with Crippen molar-refractivity contribution in [1.82, 2.24) is 5.32 Å². The highest BCUT2D eigenvalue weighted by Crippen LogP contribution is 2.34. The predicted molar refractivity (Wildman–Crippen MR) is 73.5 cm³/mol. The van der Waals surface area contributed by atoms with Crippen LogP contribution in [0.4, 0.5) is 0 Å². The van der Waals surface area contributed by atoms with Crippen LogP contribution in [0.5, 0.6) is 0 Å². The number of amides is 1. The van der Waals surface area contributed by atoms with Gasteiger partial charge >= 0.3 is 0 Å². The third-order valence-corrected chi connectivity index (χ3v) is 4.70. The van der Waals surface area contributed by atoms with Crippen molar-refractivity contribution in [3.63, 3.8) is 0 Å². The summed E-state index contributed by atoms with van der Waals surface area (Å²) in [6.07, 6.45) is 3.42. The number of carbonyl (C=O) groups excluding carboxylic acids is 1. The van der Waals surface area contributed by atoms with Crippen molar-refractivity contribution in [3.05, 3.63) is 35.4 Å². The third kappa shape index (κ3) is 2.27. The number of aliphatic hydroxyl groups excluding tert-OH is 1. The normalized spacial score (nSPS) is 33.2. The minimum Gasteiger partial charge on any atom is -0.390 e. The molecule has 1 fully saturated rings. The number of fused-ring (bicyclic) bond motifs is 1. The van der Waals surface area contributed by atoms with E-state index in [2.05, 4.69) is 12.2 Å². The highest BCUT2D eigenvalue weighted by molar-refractivity contribution is 5.80. The van der Waals surface area contributed by atoms with E-state index in [1.165, 1.54) is 0 Å². The Kier molecular flexibility index (Phi) is 3.31. The first-order valence-electron chi connectivity index (χ1n) is 7.23. The molecular weight excluding hydrogens is 238 g/mol. The Morgan fingerprint density at radius 1 is 1.32 bits per heavy atom. The summed E-state index contributed by atoms with van der Waals surface area (Å²) >= 11 is 0. The molecule has 3 heteroatoms. The summed E-state index contributed by atoms with van der Waals surface area (Å²) < 4.78 is 0. The van der Waals surface area contributed by atoms with Crippen LogP contribution in [0.15, 0.2) is 24.3 Å². The van der Waals surface area contributed by atoms with E-state index >= 15 is 0 Å². The van der Waals surface area contributed by atoms with Crippen LogP contribution in [0.2, 0.25) is 0 Å². The van der Waals surface area contributed by atoms with Crippen molar-refractivity contribution in [2.75, 3.05) is 0 Å². The maximum absolute atomic E-state index is 12.3. The van der Waals surface area contributed by atoms with Crippen molar-refractivity contribution in [1.29, 1.82) is 0 Å². The molecule has 3 nitrogen and oxygen atoms in total. The maximum atomic E-state index is 12.3. The molecule has 102 valence electrons. The van der Waals surface area contributed by atoms with E-state index in [0.29, 0.717) is 12.3 Å². The Morgan fingerprint density at radius 2 is 2.11 bits per heavy atom. The van der Waals surface area contributed by atoms with Gasteiger partial charge in [0.05, 0.1) is 12.1 Å². The van der Waals surface area contributed by atoms with Gasteiger partial charge in [0.2, 0.25) is 5.91 Å². The second-order valence-electron chi connectivity index (χ2n) is 5.97. The molecule has 0 aromatic heterocycles. The van der Waals surface area contributed by atoms with E-state index in [-0.39, 0.29) is 17.9 Å². The van der Waals surface area contributed by atoms with Gasteiger partial charge in [0.1, 0.15) is 0 Å². The standard InChI is InChI=1S/C16H21NO2/c1-10-5-4-8-12(10)16(19)17-15-13-7-3-2-6-11(13)9-14(15)18/h2-3,6-7,10,12,14-15,18H,4-5,8-9H2,1H3,(H,17,19)/t10?,12?,14-,15+/m1/s1. The number of carbonyl (C=O) groups is 1. The van der Waals surface area contributed by atoms with Crippen LogP contribution in [-0.2, 0) is 11.2 Å². The number of hydrogen-bond acceptors (Lipinski definition) is 2. The zero-order valence-electron chi connectivity index (χ0n) is 11.3. The Balaban J connectivity index is 1.75. The van der Waals surface area contributed by atoms with Gasteiger partial charge in [-0.1, -0.05) is 37.6 Å². The van der Waals surface area contributed by atoms with Gasteiger partial charge in [0, 0.05) is 12.3 Å². The topological polar surface area (TPSA) is 49.3 Å². The summed E-state index contributed by atoms with van der Waals surface area (Å²) in [4.78, 5) is 12.3. The van der Waals surface area contributed by atoms with Gasteiger partial charge in [0.15, 0.2) is 0 Å². The zero-order valence-corrected chi connectivity index (χ0v) is 11.3. The van der Waals surface area contributed by atoms with E-state index in [0.717, 1.165) is 30.4 Å². The van der Waals surface area contributed by atoms with Crippen molar-refractivity contribution >= 4 is 5.91 Å². The van der Waals surface area contributed by atoms with Gasteiger partial charge in [0.25, 0.3) is 0 Å². The summed E-state index contributed by atoms with van der Waals surface area (Å²) in [7, 11) is 0. The van der Waals surface area contributed by atoms with Crippen molar-refractivity contribution < 1.29 is 9.90 Å². The lowest BCUT2D eigenvalue weighted by Crippen LogP contribution is -2.38. The lowest BCUT2D eigenvalue weighted by atomic mass is 9.96.